The Balaban J connectivity index is 1.54. The number of carbonyl (C=O) groups is 1. The van der Waals surface area contributed by atoms with E-state index >= 15 is 0 Å². The molecule has 1 aliphatic carbocycles. The normalized spacial score (nSPS) is 15.5. The van der Waals surface area contributed by atoms with Crippen molar-refractivity contribution in [2.45, 2.75) is 78.2 Å². The molecule has 1 saturated carbocycles. The third-order valence-electron chi connectivity index (χ3n) is 5.07. The third kappa shape index (κ3) is 4.26. The Morgan fingerprint density at radius 2 is 2.00 bits per heavy atom. The number of nitrogens with one attached hydrogen (secondary N) is 1. The van der Waals surface area contributed by atoms with Crippen LogP contribution in [0.3, 0.4) is 0 Å². The van der Waals surface area contributed by atoms with Gasteiger partial charge in [-0.25, -0.2) is 0 Å². The maximum Gasteiger partial charge on any atom is 0.226 e. The molecular weight excluding hydrogens is 334 g/mol. The van der Waals surface area contributed by atoms with Crippen molar-refractivity contribution in [3.8, 4) is 0 Å². The molecule has 0 atom stereocenters. The van der Waals surface area contributed by atoms with Gasteiger partial charge in [-0.2, -0.15) is 5.10 Å². The number of amides is 1. The molecule has 2 aromatic rings. The number of rotatable bonds is 6. The van der Waals surface area contributed by atoms with E-state index in [1.807, 2.05) is 11.6 Å². The quantitative estimate of drug-likeness (QED) is 0.844. The summed E-state index contributed by atoms with van der Waals surface area (Å²) in [5, 5.41) is 17.6. The van der Waals surface area contributed by atoms with Gasteiger partial charge in [-0.3, -0.25) is 9.48 Å². The molecule has 1 fully saturated rings. The third-order valence-corrected chi connectivity index (χ3v) is 6.08. The number of nitrogens with zero attached hydrogens (tertiary/aromatic N) is 4. The van der Waals surface area contributed by atoms with E-state index in [9.17, 15) is 4.79 Å². The summed E-state index contributed by atoms with van der Waals surface area (Å²) in [6, 6.07) is 0. The molecule has 0 saturated heterocycles. The molecule has 0 spiro atoms. The van der Waals surface area contributed by atoms with E-state index < -0.39 is 0 Å². The van der Waals surface area contributed by atoms with Gasteiger partial charge >= 0.3 is 0 Å². The standard InChI is InChI=1S/C18H27N5OS/c1-4-23-13(3)15(12(2)22-23)10-11-16(24)19-18-21-20-17(25-18)14-8-6-5-7-9-14/h14H,4-11H2,1-3H3,(H,19,21,24). The van der Waals surface area contributed by atoms with Crippen molar-refractivity contribution < 1.29 is 4.79 Å². The van der Waals surface area contributed by atoms with Crippen molar-refractivity contribution in [1.29, 1.82) is 0 Å². The van der Waals surface area contributed by atoms with Gasteiger partial charge in [-0.15, -0.1) is 10.2 Å². The van der Waals surface area contributed by atoms with Crippen molar-refractivity contribution in [3.63, 3.8) is 0 Å². The van der Waals surface area contributed by atoms with Crippen LogP contribution in [0, 0.1) is 13.8 Å². The molecule has 3 rings (SSSR count). The maximum absolute atomic E-state index is 12.3. The molecule has 0 aliphatic heterocycles. The van der Waals surface area contributed by atoms with Crippen LogP contribution < -0.4 is 5.32 Å². The van der Waals surface area contributed by atoms with Crippen LogP contribution in [0.15, 0.2) is 0 Å². The molecule has 0 aromatic carbocycles. The Bertz CT molecular complexity index is 730. The number of aromatic nitrogens is 4. The SMILES string of the molecule is CCn1nc(C)c(CCC(=O)Nc2nnc(C3CCCCC3)s2)c1C. The Hall–Kier alpha value is -1.76. The minimum Gasteiger partial charge on any atom is -0.301 e. The van der Waals surface area contributed by atoms with Crippen LogP contribution in [0.25, 0.3) is 0 Å². The lowest BCUT2D eigenvalue weighted by Crippen LogP contribution is -2.12. The summed E-state index contributed by atoms with van der Waals surface area (Å²) in [6.45, 7) is 7.01. The van der Waals surface area contributed by atoms with Gasteiger partial charge in [0.25, 0.3) is 0 Å². The minimum absolute atomic E-state index is 0.00519. The van der Waals surface area contributed by atoms with Crippen LogP contribution >= 0.6 is 11.3 Å². The predicted molar refractivity (Wildman–Crippen MR) is 100 cm³/mol. The van der Waals surface area contributed by atoms with E-state index in [0.717, 1.165) is 22.9 Å². The maximum atomic E-state index is 12.3. The van der Waals surface area contributed by atoms with E-state index in [-0.39, 0.29) is 5.91 Å². The lowest BCUT2D eigenvalue weighted by Gasteiger charge is -2.18. The van der Waals surface area contributed by atoms with Gasteiger partial charge in [-0.1, -0.05) is 30.6 Å². The first-order valence-electron chi connectivity index (χ1n) is 9.24. The van der Waals surface area contributed by atoms with Crippen LogP contribution in [0.5, 0.6) is 0 Å². The van der Waals surface area contributed by atoms with E-state index in [4.69, 9.17) is 0 Å². The molecule has 2 heterocycles. The van der Waals surface area contributed by atoms with Gasteiger partial charge in [0.1, 0.15) is 5.01 Å². The van der Waals surface area contributed by atoms with Crippen LogP contribution in [0.1, 0.15) is 73.3 Å². The van der Waals surface area contributed by atoms with Crippen molar-refractivity contribution >= 4 is 22.4 Å². The average Bonchev–Trinajstić information content (AvgIpc) is 3.18. The monoisotopic (exact) mass is 361 g/mol. The fourth-order valence-corrected chi connectivity index (χ4v) is 4.55. The largest absolute Gasteiger partial charge is 0.301 e. The highest BCUT2D eigenvalue weighted by Gasteiger charge is 2.20. The predicted octanol–water partition coefficient (Wildman–Crippen LogP) is 3.99. The lowest BCUT2D eigenvalue weighted by atomic mass is 9.90. The van der Waals surface area contributed by atoms with Crippen molar-refractivity contribution in [3.05, 3.63) is 22.0 Å². The smallest absolute Gasteiger partial charge is 0.226 e. The van der Waals surface area contributed by atoms with Crippen LogP contribution in [0.4, 0.5) is 5.13 Å². The molecule has 0 bridgehead atoms. The van der Waals surface area contributed by atoms with Crippen molar-refractivity contribution in [2.24, 2.45) is 0 Å². The first kappa shape index (κ1) is 18.0. The summed E-state index contributed by atoms with van der Waals surface area (Å²) < 4.78 is 1.99. The lowest BCUT2D eigenvalue weighted by molar-refractivity contribution is -0.116. The zero-order valence-corrected chi connectivity index (χ0v) is 16.2. The topological polar surface area (TPSA) is 72.7 Å². The van der Waals surface area contributed by atoms with Crippen molar-refractivity contribution in [1.82, 2.24) is 20.0 Å². The summed E-state index contributed by atoms with van der Waals surface area (Å²) in [4.78, 5) is 12.3. The summed E-state index contributed by atoms with van der Waals surface area (Å²) in [5.41, 5.74) is 3.35. The molecule has 6 nitrogen and oxygen atoms in total. The highest BCUT2D eigenvalue weighted by atomic mass is 32.1. The Morgan fingerprint density at radius 3 is 2.68 bits per heavy atom. The fraction of sp³-hybridized carbons (Fsp3) is 0.667. The molecule has 25 heavy (non-hydrogen) atoms. The number of hydrogen-bond acceptors (Lipinski definition) is 5. The van der Waals surface area contributed by atoms with E-state index in [1.54, 1.807) is 0 Å². The number of aryl methyl sites for hydroxylation is 2. The summed E-state index contributed by atoms with van der Waals surface area (Å²) >= 11 is 1.53. The van der Waals surface area contributed by atoms with Gasteiger partial charge in [0.15, 0.2) is 0 Å². The Morgan fingerprint density at radius 1 is 1.24 bits per heavy atom. The second-order valence-electron chi connectivity index (χ2n) is 6.79. The summed E-state index contributed by atoms with van der Waals surface area (Å²) in [7, 11) is 0. The molecule has 1 amide bonds. The fourth-order valence-electron chi connectivity index (χ4n) is 3.62. The van der Waals surface area contributed by atoms with E-state index in [0.29, 0.717) is 23.9 Å². The molecule has 1 aliphatic rings. The molecule has 136 valence electrons. The average molecular weight is 362 g/mol. The molecular formula is C18H27N5OS. The summed E-state index contributed by atoms with van der Waals surface area (Å²) in [6.07, 6.45) is 7.41. The zero-order valence-electron chi connectivity index (χ0n) is 15.3. The number of carbonyl (C=O) groups excluding carboxylic acids is 1. The molecule has 2 aromatic heterocycles. The van der Waals surface area contributed by atoms with Gasteiger partial charge in [0, 0.05) is 24.6 Å². The van der Waals surface area contributed by atoms with Crippen molar-refractivity contribution in [2.75, 3.05) is 5.32 Å². The zero-order chi connectivity index (χ0) is 17.8. The second kappa shape index (κ2) is 8.08. The number of anilines is 1. The van der Waals surface area contributed by atoms with Gasteiger partial charge < -0.3 is 5.32 Å². The van der Waals surface area contributed by atoms with Crippen LogP contribution in [-0.4, -0.2) is 25.9 Å². The molecule has 1 N–H and O–H groups in total. The van der Waals surface area contributed by atoms with Crippen LogP contribution in [0.2, 0.25) is 0 Å². The Labute approximate surface area is 153 Å². The number of hydrogen-bond donors (Lipinski definition) is 1. The molecule has 0 unspecified atom stereocenters. The minimum atomic E-state index is -0.00519. The van der Waals surface area contributed by atoms with E-state index in [2.05, 4.69) is 34.5 Å². The molecule has 0 radical (unpaired) electrons. The van der Waals surface area contributed by atoms with Gasteiger partial charge in [0.2, 0.25) is 11.0 Å². The van der Waals surface area contributed by atoms with E-state index in [1.165, 1.54) is 49.0 Å². The summed E-state index contributed by atoms with van der Waals surface area (Å²) in [5.74, 6) is 0.525. The highest BCUT2D eigenvalue weighted by molar-refractivity contribution is 7.15. The first-order chi connectivity index (χ1) is 12.1. The van der Waals surface area contributed by atoms with Gasteiger partial charge in [0.05, 0.1) is 5.69 Å². The van der Waals surface area contributed by atoms with Gasteiger partial charge in [-0.05, 0) is 45.6 Å². The molecule has 7 heteroatoms. The first-order valence-corrected chi connectivity index (χ1v) is 10.1. The van der Waals surface area contributed by atoms with Crippen LogP contribution in [-0.2, 0) is 17.8 Å². The Kier molecular flexibility index (Phi) is 5.83. The highest BCUT2D eigenvalue weighted by Crippen LogP contribution is 2.35. The second-order valence-corrected chi connectivity index (χ2v) is 7.80.